The van der Waals surface area contributed by atoms with E-state index >= 15 is 0 Å². The third kappa shape index (κ3) is 3.31. The quantitative estimate of drug-likeness (QED) is 0.736. The van der Waals surface area contributed by atoms with Gasteiger partial charge in [0, 0.05) is 11.5 Å². The van der Waals surface area contributed by atoms with Crippen molar-refractivity contribution in [1.82, 2.24) is 4.98 Å². The number of allylic oxidation sites excluding steroid dienone is 1. The van der Waals surface area contributed by atoms with Crippen LogP contribution in [-0.2, 0) is 0 Å². The molecule has 0 amide bonds. The molecule has 0 aromatic carbocycles. The highest BCUT2D eigenvalue weighted by molar-refractivity contribution is 9.09. The molecule has 0 spiro atoms. The summed E-state index contributed by atoms with van der Waals surface area (Å²) in [5, 5.41) is 0.930. The minimum Gasteiger partial charge on any atom is -0.257 e. The number of halogens is 1. The van der Waals surface area contributed by atoms with Gasteiger partial charge in [-0.2, -0.15) is 0 Å². The van der Waals surface area contributed by atoms with Gasteiger partial charge in [0.2, 0.25) is 0 Å². The Bertz CT molecular complexity index is 281. The van der Waals surface area contributed by atoms with Crippen molar-refractivity contribution >= 4 is 22.0 Å². The maximum Gasteiger partial charge on any atom is 0.0629 e. The summed E-state index contributed by atoms with van der Waals surface area (Å²) in [4.78, 5) is 4.32. The van der Waals surface area contributed by atoms with Crippen LogP contribution in [0.25, 0.3) is 6.08 Å². The Morgan fingerprint density at radius 1 is 1.54 bits per heavy atom. The molecule has 0 radical (unpaired) electrons. The van der Waals surface area contributed by atoms with Gasteiger partial charge < -0.3 is 0 Å². The van der Waals surface area contributed by atoms with E-state index in [2.05, 4.69) is 40.0 Å². The Kier molecular flexibility index (Phi) is 4.16. The van der Waals surface area contributed by atoms with E-state index in [-0.39, 0.29) is 0 Å². The molecule has 0 atom stereocenters. The predicted octanol–water partition coefficient (Wildman–Crippen LogP) is 3.58. The van der Waals surface area contributed by atoms with Crippen LogP contribution in [0.1, 0.15) is 24.6 Å². The minimum atomic E-state index is 0.930. The molecule has 13 heavy (non-hydrogen) atoms. The van der Waals surface area contributed by atoms with Gasteiger partial charge in [0.25, 0.3) is 0 Å². The van der Waals surface area contributed by atoms with Crippen LogP contribution in [0.4, 0.5) is 0 Å². The molecule has 1 aromatic rings. The van der Waals surface area contributed by atoms with Crippen LogP contribution in [0.15, 0.2) is 23.9 Å². The molecule has 0 aliphatic carbocycles. The third-order valence-electron chi connectivity index (χ3n) is 1.91. The SMILES string of the molecule is CC/C(=C/c1ccc(C)cn1)CBr. The Morgan fingerprint density at radius 2 is 2.31 bits per heavy atom. The summed E-state index contributed by atoms with van der Waals surface area (Å²) in [5.41, 5.74) is 3.62. The molecule has 0 N–H and O–H groups in total. The standard InChI is InChI=1S/C11H14BrN/c1-3-10(7-12)6-11-5-4-9(2)8-13-11/h4-6,8H,3,7H2,1-2H3/b10-6-. The summed E-state index contributed by atoms with van der Waals surface area (Å²) in [6.07, 6.45) is 5.10. The molecule has 0 saturated heterocycles. The van der Waals surface area contributed by atoms with Crippen molar-refractivity contribution in [3.63, 3.8) is 0 Å². The van der Waals surface area contributed by atoms with E-state index in [0.717, 1.165) is 17.4 Å². The monoisotopic (exact) mass is 239 g/mol. The molecule has 0 saturated carbocycles. The van der Waals surface area contributed by atoms with Crippen LogP contribution in [-0.4, -0.2) is 10.3 Å². The lowest BCUT2D eigenvalue weighted by molar-refractivity contribution is 1.12. The van der Waals surface area contributed by atoms with Gasteiger partial charge >= 0.3 is 0 Å². The van der Waals surface area contributed by atoms with Crippen LogP contribution in [0, 0.1) is 6.92 Å². The zero-order valence-electron chi connectivity index (χ0n) is 8.05. The number of rotatable bonds is 3. The number of aromatic nitrogens is 1. The van der Waals surface area contributed by atoms with Gasteiger partial charge in [-0.3, -0.25) is 4.98 Å². The van der Waals surface area contributed by atoms with Crippen molar-refractivity contribution in [2.75, 3.05) is 5.33 Å². The number of pyridine rings is 1. The Hall–Kier alpha value is -0.630. The number of hydrogen-bond acceptors (Lipinski definition) is 1. The van der Waals surface area contributed by atoms with Gasteiger partial charge in [0.1, 0.15) is 0 Å². The number of alkyl halides is 1. The molecule has 0 fully saturated rings. The highest BCUT2D eigenvalue weighted by Crippen LogP contribution is 2.10. The van der Waals surface area contributed by atoms with E-state index in [0.29, 0.717) is 0 Å². The van der Waals surface area contributed by atoms with E-state index in [1.807, 2.05) is 19.2 Å². The van der Waals surface area contributed by atoms with Crippen LogP contribution < -0.4 is 0 Å². The van der Waals surface area contributed by atoms with E-state index in [9.17, 15) is 0 Å². The van der Waals surface area contributed by atoms with Crippen molar-refractivity contribution in [3.8, 4) is 0 Å². The van der Waals surface area contributed by atoms with Gasteiger partial charge in [0.15, 0.2) is 0 Å². The van der Waals surface area contributed by atoms with Gasteiger partial charge in [0.05, 0.1) is 5.69 Å². The average Bonchev–Trinajstić information content (AvgIpc) is 2.17. The lowest BCUT2D eigenvalue weighted by Crippen LogP contribution is -1.85. The number of nitrogens with zero attached hydrogens (tertiary/aromatic N) is 1. The van der Waals surface area contributed by atoms with E-state index in [1.165, 1.54) is 11.1 Å². The Morgan fingerprint density at radius 3 is 2.77 bits per heavy atom. The van der Waals surface area contributed by atoms with Crippen molar-refractivity contribution in [3.05, 3.63) is 35.2 Å². The molecule has 1 rings (SSSR count). The molecular weight excluding hydrogens is 226 g/mol. The smallest absolute Gasteiger partial charge is 0.0629 e. The highest BCUT2D eigenvalue weighted by atomic mass is 79.9. The van der Waals surface area contributed by atoms with Gasteiger partial charge in [-0.05, 0) is 31.1 Å². The third-order valence-corrected chi connectivity index (χ3v) is 2.63. The fraction of sp³-hybridized carbons (Fsp3) is 0.364. The zero-order valence-corrected chi connectivity index (χ0v) is 9.63. The van der Waals surface area contributed by atoms with E-state index in [1.54, 1.807) is 0 Å². The Balaban J connectivity index is 2.84. The minimum absolute atomic E-state index is 0.930. The summed E-state index contributed by atoms with van der Waals surface area (Å²) in [7, 11) is 0. The van der Waals surface area contributed by atoms with Crippen molar-refractivity contribution in [2.24, 2.45) is 0 Å². The number of aryl methyl sites for hydroxylation is 1. The molecule has 2 heteroatoms. The molecule has 0 aliphatic rings. The normalized spacial score (nSPS) is 11.8. The maximum absolute atomic E-state index is 4.32. The van der Waals surface area contributed by atoms with E-state index in [4.69, 9.17) is 0 Å². The van der Waals surface area contributed by atoms with Gasteiger partial charge in [-0.1, -0.05) is 34.5 Å². The van der Waals surface area contributed by atoms with Crippen LogP contribution >= 0.6 is 15.9 Å². The molecule has 1 nitrogen and oxygen atoms in total. The second-order valence-corrected chi connectivity index (χ2v) is 3.61. The predicted molar refractivity (Wildman–Crippen MR) is 61.0 cm³/mol. The summed E-state index contributed by atoms with van der Waals surface area (Å²) in [6, 6.07) is 4.13. The van der Waals surface area contributed by atoms with Crippen LogP contribution in [0.5, 0.6) is 0 Å². The first kappa shape index (κ1) is 10.5. The first-order chi connectivity index (χ1) is 6.26. The van der Waals surface area contributed by atoms with Crippen LogP contribution in [0.2, 0.25) is 0 Å². The average molecular weight is 240 g/mol. The molecule has 1 aromatic heterocycles. The first-order valence-electron chi connectivity index (χ1n) is 4.44. The fourth-order valence-electron chi connectivity index (χ4n) is 1.01. The molecular formula is C11H14BrN. The van der Waals surface area contributed by atoms with E-state index < -0.39 is 0 Å². The summed E-state index contributed by atoms with van der Waals surface area (Å²) in [6.45, 7) is 4.20. The summed E-state index contributed by atoms with van der Waals surface area (Å²) >= 11 is 3.45. The largest absolute Gasteiger partial charge is 0.257 e. The lowest BCUT2D eigenvalue weighted by Gasteiger charge is -1.99. The first-order valence-corrected chi connectivity index (χ1v) is 5.56. The van der Waals surface area contributed by atoms with Gasteiger partial charge in [-0.25, -0.2) is 0 Å². The lowest BCUT2D eigenvalue weighted by atomic mass is 10.2. The second-order valence-electron chi connectivity index (χ2n) is 3.05. The number of hydrogen-bond donors (Lipinski definition) is 0. The zero-order chi connectivity index (χ0) is 9.68. The van der Waals surface area contributed by atoms with Crippen LogP contribution in [0.3, 0.4) is 0 Å². The summed E-state index contributed by atoms with van der Waals surface area (Å²) in [5.74, 6) is 0. The topological polar surface area (TPSA) is 12.9 Å². The molecule has 0 unspecified atom stereocenters. The molecule has 0 aliphatic heterocycles. The van der Waals surface area contributed by atoms with Crippen molar-refractivity contribution in [2.45, 2.75) is 20.3 Å². The maximum atomic E-state index is 4.32. The second kappa shape index (κ2) is 5.18. The summed E-state index contributed by atoms with van der Waals surface area (Å²) < 4.78 is 0. The van der Waals surface area contributed by atoms with Crippen molar-refractivity contribution < 1.29 is 0 Å². The Labute approximate surface area is 88.0 Å². The molecule has 0 bridgehead atoms. The highest BCUT2D eigenvalue weighted by Gasteiger charge is 1.93. The molecule has 1 heterocycles. The fourth-order valence-corrected chi connectivity index (χ4v) is 1.57. The molecule has 70 valence electrons. The van der Waals surface area contributed by atoms with Gasteiger partial charge in [-0.15, -0.1) is 0 Å². The van der Waals surface area contributed by atoms with Crippen molar-refractivity contribution in [1.29, 1.82) is 0 Å².